The molecule has 7 nitrogen and oxygen atoms in total. The zero-order valence-corrected chi connectivity index (χ0v) is 23.6. The number of sulfonamides is 1. The van der Waals surface area contributed by atoms with Gasteiger partial charge in [-0.1, -0.05) is 78.7 Å². The Morgan fingerprint density at radius 2 is 1.63 bits per heavy atom. The number of benzene rings is 3. The van der Waals surface area contributed by atoms with E-state index in [1.54, 1.807) is 49.1 Å². The molecule has 10 heteroatoms. The number of nitrogens with zero attached hydrogens (tertiary/aromatic N) is 1. The van der Waals surface area contributed by atoms with Crippen LogP contribution in [0, 0.1) is 0 Å². The van der Waals surface area contributed by atoms with Gasteiger partial charge in [0.2, 0.25) is 21.8 Å². The summed E-state index contributed by atoms with van der Waals surface area (Å²) in [6.07, 6.45) is 0.563. The second-order valence-electron chi connectivity index (χ2n) is 8.78. The van der Waals surface area contributed by atoms with E-state index in [0.717, 1.165) is 16.7 Å². The van der Waals surface area contributed by atoms with E-state index in [1.165, 1.54) is 12.1 Å². The van der Waals surface area contributed by atoms with E-state index in [9.17, 15) is 18.0 Å². The zero-order chi connectivity index (χ0) is 27.7. The van der Waals surface area contributed by atoms with E-state index < -0.39 is 16.1 Å². The smallest absolute Gasteiger partial charge is 0.242 e. The summed E-state index contributed by atoms with van der Waals surface area (Å²) in [6.45, 7) is 4.19. The minimum atomic E-state index is -3.54. The highest BCUT2D eigenvalue weighted by Gasteiger charge is 2.26. The number of amides is 2. The fraction of sp³-hybridized carbons (Fsp3) is 0.286. The molecule has 3 rings (SSSR count). The van der Waals surface area contributed by atoms with E-state index >= 15 is 0 Å². The number of hydrogen-bond donors (Lipinski definition) is 2. The molecule has 0 saturated carbocycles. The van der Waals surface area contributed by atoms with Crippen LogP contribution in [0.3, 0.4) is 0 Å². The van der Waals surface area contributed by atoms with Gasteiger partial charge in [0.15, 0.2) is 0 Å². The lowest BCUT2D eigenvalue weighted by atomic mass is 10.1. The molecule has 38 heavy (non-hydrogen) atoms. The van der Waals surface area contributed by atoms with Crippen molar-refractivity contribution in [3.05, 3.63) is 99.5 Å². The van der Waals surface area contributed by atoms with Crippen molar-refractivity contribution in [1.29, 1.82) is 0 Å². The predicted octanol–water partition coefficient (Wildman–Crippen LogP) is 4.96. The van der Waals surface area contributed by atoms with Gasteiger partial charge in [0.05, 0.1) is 4.90 Å². The van der Waals surface area contributed by atoms with Crippen LogP contribution in [0.5, 0.6) is 0 Å². The zero-order valence-electron chi connectivity index (χ0n) is 21.3. The average molecular weight is 577 g/mol. The van der Waals surface area contributed by atoms with Crippen molar-refractivity contribution in [2.75, 3.05) is 6.54 Å². The molecule has 0 aliphatic heterocycles. The van der Waals surface area contributed by atoms with Gasteiger partial charge in [-0.15, -0.1) is 0 Å². The largest absolute Gasteiger partial charge is 0.350 e. The van der Waals surface area contributed by atoms with E-state index in [0.29, 0.717) is 23.0 Å². The van der Waals surface area contributed by atoms with Crippen molar-refractivity contribution in [2.45, 2.75) is 50.7 Å². The molecule has 3 aromatic carbocycles. The van der Waals surface area contributed by atoms with Gasteiger partial charge < -0.3 is 10.2 Å². The van der Waals surface area contributed by atoms with Crippen LogP contribution in [0.15, 0.2) is 77.7 Å². The first kappa shape index (κ1) is 29.6. The molecule has 0 aliphatic rings. The van der Waals surface area contributed by atoms with E-state index in [4.69, 9.17) is 23.2 Å². The van der Waals surface area contributed by atoms with Crippen LogP contribution in [0.25, 0.3) is 0 Å². The Morgan fingerprint density at radius 1 is 0.947 bits per heavy atom. The normalized spacial score (nSPS) is 12.1. The third-order valence-electron chi connectivity index (χ3n) is 6.03. The molecule has 1 atom stereocenters. The Morgan fingerprint density at radius 3 is 2.26 bits per heavy atom. The molecule has 0 aromatic heterocycles. The number of hydrogen-bond acceptors (Lipinski definition) is 4. The Labute approximate surface area is 234 Å². The molecule has 0 spiro atoms. The number of aryl methyl sites for hydroxylation is 1. The highest BCUT2D eigenvalue weighted by Crippen LogP contribution is 2.21. The third-order valence-corrected chi connectivity index (χ3v) is 8.18. The van der Waals surface area contributed by atoms with Gasteiger partial charge in [0, 0.05) is 36.1 Å². The molecule has 0 saturated heterocycles. The molecule has 0 bridgehead atoms. The summed E-state index contributed by atoms with van der Waals surface area (Å²) in [5.41, 5.74) is 2.44. The van der Waals surface area contributed by atoms with Crippen molar-refractivity contribution < 1.29 is 18.0 Å². The van der Waals surface area contributed by atoms with Gasteiger partial charge in [0.25, 0.3) is 0 Å². The molecular formula is C28H31Cl2N3O4S. The summed E-state index contributed by atoms with van der Waals surface area (Å²) in [5, 5.41) is 3.82. The molecular weight excluding hydrogens is 545 g/mol. The standard InChI is InChI=1S/C28H31Cl2N3O4S/c1-3-32-38(36,37)25-14-9-21(10-15-25)11-16-27(34)33(19-22-7-5-4-6-8-22)20(2)28(35)31-18-23-12-13-24(29)17-26(23)30/h4-10,12-15,17,20,32H,3,11,16,18-19H2,1-2H3,(H,31,35). The third kappa shape index (κ3) is 8.30. The van der Waals surface area contributed by atoms with Crippen LogP contribution in [-0.2, 0) is 39.1 Å². The molecule has 0 aliphatic carbocycles. The van der Waals surface area contributed by atoms with Crippen molar-refractivity contribution in [2.24, 2.45) is 0 Å². The molecule has 3 aromatic rings. The Balaban J connectivity index is 1.69. The fourth-order valence-corrected chi connectivity index (χ4v) is 5.38. The highest BCUT2D eigenvalue weighted by atomic mass is 35.5. The van der Waals surface area contributed by atoms with E-state index in [2.05, 4.69) is 10.0 Å². The molecule has 0 heterocycles. The molecule has 0 fully saturated rings. The summed E-state index contributed by atoms with van der Waals surface area (Å²) in [5.74, 6) is -0.497. The lowest BCUT2D eigenvalue weighted by Crippen LogP contribution is -2.47. The molecule has 2 amide bonds. The second kappa shape index (κ2) is 13.8. The van der Waals surface area contributed by atoms with Gasteiger partial charge in [-0.2, -0.15) is 0 Å². The van der Waals surface area contributed by atoms with Gasteiger partial charge in [0.1, 0.15) is 6.04 Å². The summed E-state index contributed by atoms with van der Waals surface area (Å²) >= 11 is 12.2. The van der Waals surface area contributed by atoms with Crippen molar-refractivity contribution >= 4 is 45.0 Å². The van der Waals surface area contributed by atoms with Gasteiger partial charge >= 0.3 is 0 Å². The van der Waals surface area contributed by atoms with Gasteiger partial charge in [-0.25, -0.2) is 13.1 Å². The molecule has 2 N–H and O–H groups in total. The SMILES string of the molecule is CCNS(=O)(=O)c1ccc(CCC(=O)N(Cc2ccccc2)C(C)C(=O)NCc2ccc(Cl)cc2Cl)cc1. The Bertz CT molecular complexity index is 1350. The van der Waals surface area contributed by atoms with Crippen LogP contribution in [0.4, 0.5) is 0 Å². The first-order chi connectivity index (χ1) is 18.1. The van der Waals surface area contributed by atoms with Crippen LogP contribution in [-0.4, -0.2) is 37.7 Å². The van der Waals surface area contributed by atoms with Crippen molar-refractivity contribution in [3.63, 3.8) is 0 Å². The van der Waals surface area contributed by atoms with Crippen molar-refractivity contribution in [3.8, 4) is 0 Å². The lowest BCUT2D eigenvalue weighted by Gasteiger charge is -2.29. The average Bonchev–Trinajstić information content (AvgIpc) is 2.90. The number of carbonyl (C=O) groups excluding carboxylic acids is 2. The van der Waals surface area contributed by atoms with E-state index in [1.807, 2.05) is 30.3 Å². The molecule has 202 valence electrons. The number of nitrogens with one attached hydrogen (secondary N) is 2. The maximum absolute atomic E-state index is 13.3. The van der Waals surface area contributed by atoms with Gasteiger partial charge in [-0.3, -0.25) is 9.59 Å². The molecule has 0 radical (unpaired) electrons. The fourth-order valence-electron chi connectivity index (χ4n) is 3.86. The quantitative estimate of drug-likeness (QED) is 0.319. The summed E-state index contributed by atoms with van der Waals surface area (Å²) in [7, 11) is -3.54. The topological polar surface area (TPSA) is 95.6 Å². The minimum Gasteiger partial charge on any atom is -0.350 e. The maximum atomic E-state index is 13.3. The highest BCUT2D eigenvalue weighted by molar-refractivity contribution is 7.89. The van der Waals surface area contributed by atoms with Crippen LogP contribution >= 0.6 is 23.2 Å². The Kier molecular flexibility index (Phi) is 10.7. The first-order valence-corrected chi connectivity index (χ1v) is 14.5. The minimum absolute atomic E-state index is 0.159. The number of carbonyl (C=O) groups is 2. The summed E-state index contributed by atoms with van der Waals surface area (Å²) < 4.78 is 26.8. The number of halogens is 2. The van der Waals surface area contributed by atoms with E-state index in [-0.39, 0.29) is 36.2 Å². The molecule has 1 unspecified atom stereocenters. The number of rotatable bonds is 12. The second-order valence-corrected chi connectivity index (χ2v) is 11.4. The monoisotopic (exact) mass is 575 g/mol. The maximum Gasteiger partial charge on any atom is 0.242 e. The Hall–Kier alpha value is -2.91. The van der Waals surface area contributed by atoms with Crippen LogP contribution in [0.1, 0.15) is 37.0 Å². The summed E-state index contributed by atoms with van der Waals surface area (Å²) in [4.78, 5) is 28.1. The predicted molar refractivity (Wildman–Crippen MR) is 150 cm³/mol. The van der Waals surface area contributed by atoms with Crippen LogP contribution < -0.4 is 10.0 Å². The van der Waals surface area contributed by atoms with Gasteiger partial charge in [-0.05, 0) is 54.3 Å². The van der Waals surface area contributed by atoms with Crippen molar-refractivity contribution in [1.82, 2.24) is 14.9 Å². The summed E-state index contributed by atoms with van der Waals surface area (Å²) in [6, 6.07) is 20.2. The van der Waals surface area contributed by atoms with Crippen LogP contribution in [0.2, 0.25) is 10.0 Å². The first-order valence-electron chi connectivity index (χ1n) is 12.2. The lowest BCUT2D eigenvalue weighted by molar-refractivity contribution is -0.140.